The number of hydrogen-bond acceptors (Lipinski definition) is 10. The van der Waals surface area contributed by atoms with E-state index < -0.39 is 89.3 Å². The molecule has 0 unspecified atom stereocenters. The highest BCUT2D eigenvalue weighted by Crippen LogP contribution is 2.36. The van der Waals surface area contributed by atoms with Crippen molar-refractivity contribution in [2.24, 2.45) is 13.0 Å². The van der Waals surface area contributed by atoms with Gasteiger partial charge in [0, 0.05) is 67.6 Å². The molecule has 410 valence electrons. The van der Waals surface area contributed by atoms with Crippen molar-refractivity contribution < 1.29 is 60.9 Å². The number of amides is 4. The number of imidazole rings is 1. The third-order valence-corrected chi connectivity index (χ3v) is 13.3. The summed E-state index contributed by atoms with van der Waals surface area (Å²) in [5.41, 5.74) is -0.241. The predicted octanol–water partition coefficient (Wildman–Crippen LogP) is 9.58. The number of likely N-dealkylation sites (N-methyl/N-ethyl adjacent to an activating group) is 1. The second-order valence-corrected chi connectivity index (χ2v) is 21.7. The van der Waals surface area contributed by atoms with E-state index in [9.17, 15) is 42.3 Å². The highest BCUT2D eigenvalue weighted by molar-refractivity contribution is 6.31. The molecule has 5 rings (SSSR count). The normalized spacial score (nSPS) is 16.4. The fourth-order valence-electron chi connectivity index (χ4n) is 8.83. The number of carboxylic acid groups (broad SMARTS) is 1. The Hall–Kier alpha value is -5.96. The SMILES string of the molecule is COC[C@H](NC(=O)[C@H](C)NCc1c(F)cc(Cl)cc1Oc1ccc(-c2cnc(CN(C(=O)OC(C)(C)C)C(C)(C)C)n2C)cc1)C(=O)N(C)[C@@]1(Cc2ccc(Cl)cc2)CCCN(C(=O)[C@@H](CC(=O)O)CC(F)(F)F)C1. The van der Waals surface area contributed by atoms with Crippen molar-refractivity contribution in [3.8, 4) is 22.8 Å². The molecular formula is C53H67Cl2F4N7O9. The van der Waals surface area contributed by atoms with E-state index in [0.717, 1.165) is 17.3 Å². The first-order valence-electron chi connectivity index (χ1n) is 24.3. The van der Waals surface area contributed by atoms with Crippen molar-refractivity contribution in [1.29, 1.82) is 0 Å². The number of carboxylic acids is 1. The average molecular weight is 1090 g/mol. The summed E-state index contributed by atoms with van der Waals surface area (Å²) in [6, 6.07) is 13.9. The van der Waals surface area contributed by atoms with Crippen molar-refractivity contribution >= 4 is 53.0 Å². The first-order chi connectivity index (χ1) is 34.9. The van der Waals surface area contributed by atoms with Crippen molar-refractivity contribution in [3.05, 3.63) is 99.7 Å². The topological polar surface area (TPSA) is 185 Å². The molecule has 0 aliphatic carbocycles. The maximum absolute atomic E-state index is 15.7. The van der Waals surface area contributed by atoms with Crippen LogP contribution in [0.4, 0.5) is 22.4 Å². The first-order valence-corrected chi connectivity index (χ1v) is 25.1. The molecule has 4 atom stereocenters. The van der Waals surface area contributed by atoms with E-state index in [1.165, 1.54) is 36.9 Å². The first kappa shape index (κ1) is 59.9. The van der Waals surface area contributed by atoms with Crippen LogP contribution in [0.25, 0.3) is 11.3 Å². The smallest absolute Gasteiger partial charge is 0.411 e. The van der Waals surface area contributed by atoms with Gasteiger partial charge in [0.05, 0.1) is 55.4 Å². The molecule has 1 aliphatic rings. The van der Waals surface area contributed by atoms with Crippen LogP contribution in [0, 0.1) is 11.7 Å². The van der Waals surface area contributed by atoms with Crippen molar-refractivity contribution in [2.75, 3.05) is 33.9 Å². The molecule has 0 radical (unpaired) electrons. The molecule has 4 amide bonds. The number of ether oxygens (including phenoxy) is 3. The number of hydrogen-bond donors (Lipinski definition) is 3. The molecule has 0 saturated carbocycles. The number of halogens is 6. The standard InChI is InChI=1S/C53H67Cl2F4N7O9/c1-32(46(69)62-41(30-73-10)48(71)64(9)52(25-33-12-16-36(54)17-13-33)20-11-21-65(31-52)47(70)35(22-45(67)68)26-53(57,58)59)60-27-39-40(56)23-37(55)24-43(39)74-38-18-14-34(15-19-38)42-28-61-44(63(42)8)29-66(50(2,3)4)49(72)75-51(5,6)7/h12-19,23-24,28,32,35,41,60H,11,20-22,25-27,29-31H2,1-10H3,(H,62,69)(H,67,68)/t32-,35-,41-,52+/m0/s1. The highest BCUT2D eigenvalue weighted by Gasteiger charge is 2.47. The lowest BCUT2D eigenvalue weighted by Gasteiger charge is -2.49. The number of nitrogens with zero attached hydrogens (tertiary/aromatic N) is 5. The van der Waals surface area contributed by atoms with Crippen LogP contribution in [-0.2, 0) is 55.2 Å². The van der Waals surface area contributed by atoms with Gasteiger partial charge in [0.15, 0.2) is 0 Å². The summed E-state index contributed by atoms with van der Waals surface area (Å²) < 4.78 is 75.6. The monoisotopic (exact) mass is 1090 g/mol. The molecule has 22 heteroatoms. The molecule has 0 bridgehead atoms. The lowest BCUT2D eigenvalue weighted by atomic mass is 9.80. The second-order valence-electron chi connectivity index (χ2n) is 20.9. The van der Waals surface area contributed by atoms with Gasteiger partial charge in [-0.15, -0.1) is 0 Å². The van der Waals surface area contributed by atoms with Crippen LogP contribution in [0.5, 0.6) is 11.5 Å². The van der Waals surface area contributed by atoms with Gasteiger partial charge in [-0.25, -0.2) is 14.2 Å². The van der Waals surface area contributed by atoms with Gasteiger partial charge in [-0.2, -0.15) is 13.2 Å². The molecule has 2 heterocycles. The molecule has 75 heavy (non-hydrogen) atoms. The van der Waals surface area contributed by atoms with Gasteiger partial charge in [0.2, 0.25) is 17.7 Å². The van der Waals surface area contributed by atoms with Gasteiger partial charge in [-0.05, 0) is 122 Å². The Labute approximate surface area is 445 Å². The van der Waals surface area contributed by atoms with Crippen LogP contribution in [0.2, 0.25) is 10.0 Å². The third-order valence-electron chi connectivity index (χ3n) is 12.8. The van der Waals surface area contributed by atoms with Crippen molar-refractivity contribution in [1.82, 2.24) is 34.9 Å². The van der Waals surface area contributed by atoms with E-state index in [1.54, 1.807) is 80.4 Å². The summed E-state index contributed by atoms with van der Waals surface area (Å²) >= 11 is 12.5. The van der Waals surface area contributed by atoms with Crippen LogP contribution in [0.1, 0.15) is 91.1 Å². The summed E-state index contributed by atoms with van der Waals surface area (Å²) in [7, 11) is 4.64. The van der Waals surface area contributed by atoms with E-state index >= 15 is 4.39 Å². The number of likely N-dealkylation sites (tertiary alicyclic amines) is 1. The van der Waals surface area contributed by atoms with Crippen LogP contribution < -0.4 is 15.4 Å². The van der Waals surface area contributed by atoms with E-state index in [1.807, 2.05) is 32.4 Å². The summed E-state index contributed by atoms with van der Waals surface area (Å²) in [5.74, 6) is -5.47. The molecule has 3 aromatic carbocycles. The number of carbonyl (C=O) groups excluding carboxylic acids is 4. The van der Waals surface area contributed by atoms with Crippen LogP contribution in [0.3, 0.4) is 0 Å². The van der Waals surface area contributed by atoms with Crippen LogP contribution in [-0.4, -0.2) is 128 Å². The third kappa shape index (κ3) is 16.5. The van der Waals surface area contributed by atoms with Gasteiger partial charge >= 0.3 is 18.2 Å². The summed E-state index contributed by atoms with van der Waals surface area (Å²) in [6.45, 7) is 12.1. The molecule has 1 fully saturated rings. The van der Waals surface area contributed by atoms with E-state index in [-0.39, 0.29) is 68.4 Å². The van der Waals surface area contributed by atoms with Crippen LogP contribution in [0.15, 0.2) is 66.9 Å². The summed E-state index contributed by atoms with van der Waals surface area (Å²) in [5, 5.41) is 15.6. The van der Waals surface area contributed by atoms with Gasteiger partial charge in [0.1, 0.15) is 34.8 Å². The summed E-state index contributed by atoms with van der Waals surface area (Å²) in [6.07, 6.45) is -5.60. The van der Waals surface area contributed by atoms with Gasteiger partial charge in [-0.3, -0.25) is 24.1 Å². The molecule has 1 aromatic heterocycles. The Morgan fingerprint density at radius 3 is 2.20 bits per heavy atom. The number of aromatic nitrogens is 2. The van der Waals surface area contributed by atoms with Crippen molar-refractivity contribution in [2.45, 2.75) is 129 Å². The maximum Gasteiger partial charge on any atom is 0.411 e. The Morgan fingerprint density at radius 1 is 0.960 bits per heavy atom. The predicted molar refractivity (Wildman–Crippen MR) is 275 cm³/mol. The zero-order valence-corrected chi connectivity index (χ0v) is 45.4. The second kappa shape index (κ2) is 24.8. The number of nitrogens with one attached hydrogen (secondary N) is 2. The van der Waals surface area contributed by atoms with Crippen LogP contribution >= 0.6 is 23.2 Å². The number of benzene rings is 3. The molecular weight excluding hydrogens is 1030 g/mol. The number of rotatable bonds is 20. The van der Waals surface area contributed by atoms with E-state index in [0.29, 0.717) is 22.2 Å². The largest absolute Gasteiger partial charge is 0.481 e. The van der Waals surface area contributed by atoms with Gasteiger partial charge in [-0.1, -0.05) is 35.3 Å². The highest BCUT2D eigenvalue weighted by atomic mass is 35.5. The minimum Gasteiger partial charge on any atom is -0.481 e. The minimum atomic E-state index is -4.82. The Balaban J connectivity index is 1.30. The fraction of sp³-hybridized carbons (Fsp3) is 0.509. The zero-order chi connectivity index (χ0) is 55.8. The Bertz CT molecular complexity index is 2660. The molecule has 16 nitrogen and oxygen atoms in total. The van der Waals surface area contributed by atoms with E-state index in [2.05, 4.69) is 15.6 Å². The van der Waals surface area contributed by atoms with Crippen molar-refractivity contribution in [3.63, 3.8) is 0 Å². The number of piperidine rings is 1. The quantitative estimate of drug-likeness (QED) is 0.0716. The molecule has 3 N–H and O–H groups in total. The zero-order valence-electron chi connectivity index (χ0n) is 43.9. The molecule has 1 aliphatic heterocycles. The summed E-state index contributed by atoms with van der Waals surface area (Å²) in [4.78, 5) is 75.7. The number of methoxy groups -OCH3 is 1. The lowest BCUT2D eigenvalue weighted by molar-refractivity contribution is -0.166. The Morgan fingerprint density at radius 2 is 1.61 bits per heavy atom. The van der Waals surface area contributed by atoms with Gasteiger partial charge in [0.25, 0.3) is 0 Å². The number of aliphatic carboxylic acids is 1. The number of carbonyl (C=O) groups is 5. The van der Waals surface area contributed by atoms with E-state index in [4.69, 9.17) is 37.4 Å². The molecule has 1 saturated heterocycles. The number of alkyl halides is 3. The molecule has 4 aromatic rings. The fourth-order valence-corrected chi connectivity index (χ4v) is 9.15. The maximum atomic E-state index is 15.7. The minimum absolute atomic E-state index is 0.0247. The lowest BCUT2D eigenvalue weighted by Crippen LogP contribution is -2.65. The van der Waals surface area contributed by atoms with Gasteiger partial charge < -0.3 is 44.3 Å². The Kier molecular flexibility index (Phi) is 19.8. The average Bonchev–Trinajstić information content (AvgIpc) is 3.67. The molecule has 0 spiro atoms.